The molecule has 0 unspecified atom stereocenters. The Hall–Kier alpha value is -2.82. The van der Waals surface area contributed by atoms with Gasteiger partial charge < -0.3 is 15.5 Å². The molecule has 3 amide bonds. The number of amides is 3. The van der Waals surface area contributed by atoms with Gasteiger partial charge in [0.05, 0.1) is 6.04 Å². The van der Waals surface area contributed by atoms with Gasteiger partial charge in [0.15, 0.2) is 0 Å². The van der Waals surface area contributed by atoms with Crippen LogP contribution in [0.1, 0.15) is 42.9 Å². The second kappa shape index (κ2) is 8.05. The number of nitrogens with one attached hydrogen (secondary N) is 2. The maximum Gasteiger partial charge on any atom is 0.317 e. The molecule has 2 aromatic carbocycles. The summed E-state index contributed by atoms with van der Waals surface area (Å²) in [5.41, 5.74) is 2.22. The summed E-state index contributed by atoms with van der Waals surface area (Å²) in [5, 5.41) is 6.37. The Labute approximate surface area is 166 Å². The SMILES string of the molecule is O=C1CCC2(CCN(C(=O)N[C@@H](Cc3ccccc3)c3ccccc3)CC2)N1. The molecule has 1 atom stereocenters. The molecule has 0 aromatic heterocycles. The van der Waals surface area contributed by atoms with Crippen molar-refractivity contribution in [2.24, 2.45) is 0 Å². The lowest BCUT2D eigenvalue weighted by Crippen LogP contribution is -2.54. The third kappa shape index (κ3) is 4.19. The predicted molar refractivity (Wildman–Crippen MR) is 109 cm³/mol. The van der Waals surface area contributed by atoms with E-state index < -0.39 is 0 Å². The molecule has 0 bridgehead atoms. The molecule has 0 saturated carbocycles. The molecule has 146 valence electrons. The summed E-state index contributed by atoms with van der Waals surface area (Å²) < 4.78 is 0. The van der Waals surface area contributed by atoms with Crippen LogP contribution in [-0.2, 0) is 11.2 Å². The zero-order chi connectivity index (χ0) is 19.4. The Bertz CT molecular complexity index is 814. The zero-order valence-corrected chi connectivity index (χ0v) is 16.1. The number of urea groups is 1. The Morgan fingerprint density at radius 1 is 1.00 bits per heavy atom. The summed E-state index contributed by atoms with van der Waals surface area (Å²) >= 11 is 0. The number of carbonyl (C=O) groups excluding carboxylic acids is 2. The number of benzene rings is 2. The Morgan fingerprint density at radius 2 is 1.64 bits per heavy atom. The van der Waals surface area contributed by atoms with E-state index in [0.717, 1.165) is 31.2 Å². The fraction of sp³-hybridized carbons (Fsp3) is 0.391. The molecule has 2 fully saturated rings. The second-order valence-corrected chi connectivity index (χ2v) is 7.92. The van der Waals surface area contributed by atoms with Gasteiger partial charge in [0.1, 0.15) is 0 Å². The Balaban J connectivity index is 1.42. The van der Waals surface area contributed by atoms with E-state index in [9.17, 15) is 9.59 Å². The van der Waals surface area contributed by atoms with Crippen LogP contribution in [-0.4, -0.2) is 35.5 Å². The number of carbonyl (C=O) groups is 2. The molecule has 2 aliphatic heterocycles. The van der Waals surface area contributed by atoms with Gasteiger partial charge in [-0.05, 0) is 36.8 Å². The van der Waals surface area contributed by atoms with Crippen LogP contribution in [0.2, 0.25) is 0 Å². The maximum atomic E-state index is 13.0. The Morgan fingerprint density at radius 3 is 2.25 bits per heavy atom. The molecule has 2 aliphatic rings. The number of likely N-dealkylation sites (tertiary alicyclic amines) is 1. The van der Waals surface area contributed by atoms with Crippen molar-refractivity contribution in [3.63, 3.8) is 0 Å². The van der Waals surface area contributed by atoms with E-state index >= 15 is 0 Å². The first-order chi connectivity index (χ1) is 13.6. The largest absolute Gasteiger partial charge is 0.351 e. The van der Waals surface area contributed by atoms with Crippen molar-refractivity contribution < 1.29 is 9.59 Å². The number of nitrogens with zero attached hydrogens (tertiary/aromatic N) is 1. The van der Waals surface area contributed by atoms with Crippen molar-refractivity contribution in [1.29, 1.82) is 0 Å². The van der Waals surface area contributed by atoms with E-state index in [1.807, 2.05) is 41.3 Å². The van der Waals surface area contributed by atoms with Crippen LogP contribution in [0.4, 0.5) is 4.79 Å². The van der Waals surface area contributed by atoms with Gasteiger partial charge in [-0.1, -0.05) is 60.7 Å². The highest BCUT2D eigenvalue weighted by Crippen LogP contribution is 2.31. The highest BCUT2D eigenvalue weighted by Gasteiger charge is 2.41. The molecule has 2 heterocycles. The molecule has 2 saturated heterocycles. The quantitative estimate of drug-likeness (QED) is 0.858. The van der Waals surface area contributed by atoms with Crippen LogP contribution in [0.15, 0.2) is 60.7 Å². The average molecular weight is 377 g/mol. The molecule has 0 radical (unpaired) electrons. The van der Waals surface area contributed by atoms with Gasteiger partial charge in [-0.3, -0.25) is 4.79 Å². The molecule has 1 spiro atoms. The van der Waals surface area contributed by atoms with Gasteiger partial charge in [-0.2, -0.15) is 0 Å². The number of hydrogen-bond donors (Lipinski definition) is 2. The normalized spacial score (nSPS) is 19.3. The third-order valence-electron chi connectivity index (χ3n) is 6.03. The molecular weight excluding hydrogens is 350 g/mol. The first-order valence-electron chi connectivity index (χ1n) is 10.1. The molecular formula is C23H27N3O2. The van der Waals surface area contributed by atoms with Crippen LogP contribution in [0.3, 0.4) is 0 Å². The lowest BCUT2D eigenvalue weighted by Gasteiger charge is -2.39. The van der Waals surface area contributed by atoms with Crippen molar-refractivity contribution >= 4 is 11.9 Å². The molecule has 5 heteroatoms. The molecule has 28 heavy (non-hydrogen) atoms. The summed E-state index contributed by atoms with van der Waals surface area (Å²) in [7, 11) is 0. The topological polar surface area (TPSA) is 61.4 Å². The van der Waals surface area contributed by atoms with E-state index in [4.69, 9.17) is 0 Å². The fourth-order valence-electron chi connectivity index (χ4n) is 4.31. The van der Waals surface area contributed by atoms with Gasteiger partial charge in [-0.15, -0.1) is 0 Å². The predicted octanol–water partition coefficient (Wildman–Crippen LogP) is 3.42. The number of piperidine rings is 1. The van der Waals surface area contributed by atoms with Crippen LogP contribution in [0.5, 0.6) is 0 Å². The standard InChI is InChI=1S/C23H27N3O2/c27-21-11-12-23(25-21)13-15-26(16-14-23)22(28)24-20(19-9-5-2-6-10-19)17-18-7-3-1-4-8-18/h1-10,20H,11-17H2,(H,24,28)(H,25,27)/t20-/m0/s1. The van der Waals surface area contributed by atoms with Gasteiger partial charge in [0.2, 0.25) is 5.91 Å². The van der Waals surface area contributed by atoms with Gasteiger partial charge in [-0.25, -0.2) is 4.79 Å². The number of rotatable bonds is 4. The van der Waals surface area contributed by atoms with Crippen molar-refractivity contribution in [1.82, 2.24) is 15.5 Å². The minimum atomic E-state index is -0.0866. The average Bonchev–Trinajstić information content (AvgIpc) is 3.09. The summed E-state index contributed by atoms with van der Waals surface area (Å²) in [4.78, 5) is 26.5. The second-order valence-electron chi connectivity index (χ2n) is 7.92. The molecule has 2 aromatic rings. The molecule has 0 aliphatic carbocycles. The van der Waals surface area contributed by atoms with Crippen molar-refractivity contribution in [2.75, 3.05) is 13.1 Å². The van der Waals surface area contributed by atoms with Gasteiger partial charge in [0, 0.05) is 25.0 Å². The minimum Gasteiger partial charge on any atom is -0.351 e. The molecule has 5 nitrogen and oxygen atoms in total. The summed E-state index contributed by atoms with van der Waals surface area (Å²) in [5.74, 6) is 0.143. The van der Waals surface area contributed by atoms with Crippen LogP contribution >= 0.6 is 0 Å². The minimum absolute atomic E-state index is 0.0241. The lowest BCUT2D eigenvalue weighted by atomic mass is 9.86. The number of hydrogen-bond acceptors (Lipinski definition) is 2. The van der Waals surface area contributed by atoms with E-state index in [1.165, 1.54) is 5.56 Å². The van der Waals surface area contributed by atoms with Crippen molar-refractivity contribution in [3.8, 4) is 0 Å². The van der Waals surface area contributed by atoms with E-state index in [2.05, 4.69) is 34.9 Å². The third-order valence-corrected chi connectivity index (χ3v) is 6.03. The van der Waals surface area contributed by atoms with Gasteiger partial charge >= 0.3 is 6.03 Å². The monoisotopic (exact) mass is 377 g/mol. The highest BCUT2D eigenvalue weighted by atomic mass is 16.2. The fourth-order valence-corrected chi connectivity index (χ4v) is 4.31. The summed E-state index contributed by atoms with van der Waals surface area (Å²) in [6.45, 7) is 1.36. The van der Waals surface area contributed by atoms with Crippen LogP contribution in [0, 0.1) is 0 Å². The summed E-state index contributed by atoms with van der Waals surface area (Å²) in [6, 6.07) is 20.3. The molecule has 4 rings (SSSR count). The van der Waals surface area contributed by atoms with Crippen molar-refractivity contribution in [2.45, 2.75) is 43.7 Å². The van der Waals surface area contributed by atoms with E-state index in [0.29, 0.717) is 19.5 Å². The highest BCUT2D eigenvalue weighted by molar-refractivity contribution is 5.79. The zero-order valence-electron chi connectivity index (χ0n) is 16.1. The van der Waals surface area contributed by atoms with Crippen molar-refractivity contribution in [3.05, 3.63) is 71.8 Å². The maximum absolute atomic E-state index is 13.0. The lowest BCUT2D eigenvalue weighted by molar-refractivity contribution is -0.120. The van der Waals surface area contributed by atoms with E-state index in [-0.39, 0.29) is 23.5 Å². The van der Waals surface area contributed by atoms with Crippen LogP contribution < -0.4 is 10.6 Å². The van der Waals surface area contributed by atoms with E-state index in [1.54, 1.807) is 0 Å². The summed E-state index contributed by atoms with van der Waals surface area (Å²) in [6.07, 6.45) is 3.92. The first-order valence-corrected chi connectivity index (χ1v) is 10.1. The Kier molecular flexibility index (Phi) is 5.33. The molecule has 2 N–H and O–H groups in total. The first kappa shape index (κ1) is 18.5. The smallest absolute Gasteiger partial charge is 0.317 e. The van der Waals surface area contributed by atoms with Gasteiger partial charge in [0.25, 0.3) is 0 Å². The van der Waals surface area contributed by atoms with Crippen LogP contribution in [0.25, 0.3) is 0 Å².